The van der Waals surface area contributed by atoms with Crippen LogP contribution in [0.3, 0.4) is 0 Å². The lowest BCUT2D eigenvalue weighted by Crippen LogP contribution is -2.00. The summed E-state index contributed by atoms with van der Waals surface area (Å²) < 4.78 is 9.98. The average molecular weight is 310 g/mol. The van der Waals surface area contributed by atoms with Gasteiger partial charge in [0.25, 0.3) is 0 Å². The molecule has 0 aliphatic heterocycles. The van der Waals surface area contributed by atoms with E-state index in [1.165, 1.54) is 13.2 Å². The van der Waals surface area contributed by atoms with Crippen LogP contribution in [0.25, 0.3) is 6.08 Å². The van der Waals surface area contributed by atoms with Crippen LogP contribution in [0.2, 0.25) is 0 Å². The van der Waals surface area contributed by atoms with Crippen LogP contribution in [0.1, 0.15) is 33.2 Å². The molecule has 0 spiro atoms. The van der Waals surface area contributed by atoms with Gasteiger partial charge in [0, 0.05) is 5.56 Å². The average Bonchev–Trinajstić information content (AvgIpc) is 2.60. The van der Waals surface area contributed by atoms with E-state index in [9.17, 15) is 9.59 Å². The molecule has 0 amide bonds. The molecule has 0 aliphatic carbocycles. The van der Waals surface area contributed by atoms with Gasteiger partial charge in [0.2, 0.25) is 0 Å². The maximum absolute atomic E-state index is 12.1. The molecule has 0 saturated heterocycles. The fourth-order valence-corrected chi connectivity index (χ4v) is 2.00. The summed E-state index contributed by atoms with van der Waals surface area (Å²) in [6.45, 7) is 2.50. The normalized spacial score (nSPS) is 10.5. The molecule has 0 N–H and O–H groups in total. The highest BCUT2D eigenvalue weighted by molar-refractivity contribution is 6.06. The molecule has 0 aliphatic rings. The standard InChI is InChI=1S/C19H18O4/c1-3-23-17-11-9-15(10-12-17)18(20)13-6-14-4-7-16(8-5-14)19(21)22-2/h4-13H,3H2,1-2H3/b13-6+. The van der Waals surface area contributed by atoms with Crippen LogP contribution < -0.4 is 4.74 Å². The van der Waals surface area contributed by atoms with Gasteiger partial charge in [-0.2, -0.15) is 0 Å². The van der Waals surface area contributed by atoms with Crippen LogP contribution >= 0.6 is 0 Å². The SMILES string of the molecule is CCOc1ccc(C(=O)/C=C/c2ccc(C(=O)OC)cc2)cc1. The summed E-state index contributed by atoms with van der Waals surface area (Å²) in [7, 11) is 1.34. The van der Waals surface area contributed by atoms with Crippen molar-refractivity contribution >= 4 is 17.8 Å². The van der Waals surface area contributed by atoms with E-state index >= 15 is 0 Å². The van der Waals surface area contributed by atoms with Gasteiger partial charge in [-0.1, -0.05) is 18.2 Å². The minimum absolute atomic E-state index is 0.0925. The molecule has 4 nitrogen and oxygen atoms in total. The Morgan fingerprint density at radius 3 is 2.13 bits per heavy atom. The number of ether oxygens (including phenoxy) is 2. The van der Waals surface area contributed by atoms with Crippen molar-refractivity contribution in [1.29, 1.82) is 0 Å². The predicted octanol–water partition coefficient (Wildman–Crippen LogP) is 3.77. The quantitative estimate of drug-likeness (QED) is 0.463. The third-order valence-electron chi connectivity index (χ3n) is 3.21. The van der Waals surface area contributed by atoms with Gasteiger partial charge in [-0.15, -0.1) is 0 Å². The third-order valence-corrected chi connectivity index (χ3v) is 3.21. The van der Waals surface area contributed by atoms with Gasteiger partial charge in [-0.05, 0) is 55.0 Å². The molecule has 0 atom stereocenters. The summed E-state index contributed by atoms with van der Waals surface area (Å²) in [6, 6.07) is 13.9. The fraction of sp³-hybridized carbons (Fsp3) is 0.158. The lowest BCUT2D eigenvalue weighted by atomic mass is 10.1. The van der Waals surface area contributed by atoms with Crippen molar-refractivity contribution in [3.63, 3.8) is 0 Å². The molecular formula is C19H18O4. The van der Waals surface area contributed by atoms with Crippen molar-refractivity contribution in [2.45, 2.75) is 6.92 Å². The van der Waals surface area contributed by atoms with Crippen LogP contribution in [0.5, 0.6) is 5.75 Å². The topological polar surface area (TPSA) is 52.6 Å². The summed E-state index contributed by atoms with van der Waals surface area (Å²) in [5.41, 5.74) is 1.90. The summed E-state index contributed by atoms with van der Waals surface area (Å²) in [6.07, 6.45) is 3.21. The first-order valence-electron chi connectivity index (χ1n) is 7.27. The first-order valence-corrected chi connectivity index (χ1v) is 7.27. The Hall–Kier alpha value is -2.88. The minimum atomic E-state index is -0.383. The van der Waals surface area contributed by atoms with Gasteiger partial charge in [0.1, 0.15) is 5.75 Å². The monoisotopic (exact) mass is 310 g/mol. The zero-order chi connectivity index (χ0) is 16.7. The molecule has 0 aromatic heterocycles. The van der Waals surface area contributed by atoms with Crippen LogP contribution in [0.15, 0.2) is 54.6 Å². The minimum Gasteiger partial charge on any atom is -0.494 e. The molecule has 0 unspecified atom stereocenters. The molecule has 4 heteroatoms. The molecule has 2 rings (SSSR count). The molecule has 23 heavy (non-hydrogen) atoms. The molecule has 0 saturated carbocycles. The number of carbonyl (C=O) groups is 2. The highest BCUT2D eigenvalue weighted by Crippen LogP contribution is 2.14. The maximum atomic E-state index is 12.1. The van der Waals surface area contributed by atoms with Gasteiger partial charge in [-0.3, -0.25) is 4.79 Å². The number of rotatable bonds is 6. The summed E-state index contributed by atoms with van der Waals surface area (Å²) in [5, 5.41) is 0. The molecule has 0 fully saturated rings. The summed E-state index contributed by atoms with van der Waals surface area (Å²) >= 11 is 0. The molecule has 0 radical (unpaired) electrons. The number of allylic oxidation sites excluding steroid dienone is 1. The third kappa shape index (κ3) is 4.54. The molecule has 0 heterocycles. The Balaban J connectivity index is 2.04. The number of hydrogen-bond acceptors (Lipinski definition) is 4. The number of methoxy groups -OCH3 is 1. The maximum Gasteiger partial charge on any atom is 0.337 e. The zero-order valence-corrected chi connectivity index (χ0v) is 13.1. The van der Waals surface area contributed by atoms with Gasteiger partial charge in [0.15, 0.2) is 5.78 Å². The highest BCUT2D eigenvalue weighted by atomic mass is 16.5. The lowest BCUT2D eigenvalue weighted by molar-refractivity contribution is 0.0600. The van der Waals surface area contributed by atoms with E-state index in [4.69, 9.17) is 4.74 Å². The molecule has 118 valence electrons. The fourth-order valence-electron chi connectivity index (χ4n) is 2.00. The van der Waals surface area contributed by atoms with Gasteiger partial charge in [0.05, 0.1) is 19.3 Å². The molecular weight excluding hydrogens is 292 g/mol. The van der Waals surface area contributed by atoms with E-state index in [0.717, 1.165) is 11.3 Å². The number of carbonyl (C=O) groups excluding carboxylic acids is 2. The number of ketones is 1. The lowest BCUT2D eigenvalue weighted by Gasteiger charge is -2.03. The summed E-state index contributed by atoms with van der Waals surface area (Å²) in [4.78, 5) is 23.5. The van der Waals surface area contributed by atoms with Crippen molar-refractivity contribution < 1.29 is 19.1 Å². The second-order valence-corrected chi connectivity index (χ2v) is 4.77. The van der Waals surface area contributed by atoms with Crippen molar-refractivity contribution in [1.82, 2.24) is 0 Å². The van der Waals surface area contributed by atoms with E-state index in [1.54, 1.807) is 54.6 Å². The number of benzene rings is 2. The Bertz CT molecular complexity index is 697. The van der Waals surface area contributed by atoms with E-state index in [1.807, 2.05) is 6.92 Å². The smallest absolute Gasteiger partial charge is 0.337 e. The van der Waals surface area contributed by atoms with E-state index in [0.29, 0.717) is 17.7 Å². The predicted molar refractivity (Wildman–Crippen MR) is 88.8 cm³/mol. The number of hydrogen-bond donors (Lipinski definition) is 0. The second-order valence-electron chi connectivity index (χ2n) is 4.77. The van der Waals surface area contributed by atoms with Gasteiger partial charge < -0.3 is 9.47 Å². The summed E-state index contributed by atoms with van der Waals surface area (Å²) in [5.74, 6) is 0.266. The van der Waals surface area contributed by atoms with E-state index in [2.05, 4.69) is 4.74 Å². The Labute approximate surface area is 135 Å². The Morgan fingerprint density at radius 1 is 0.957 bits per heavy atom. The van der Waals surface area contributed by atoms with Crippen molar-refractivity contribution in [3.05, 3.63) is 71.3 Å². The van der Waals surface area contributed by atoms with Gasteiger partial charge >= 0.3 is 5.97 Å². The first-order chi connectivity index (χ1) is 11.1. The van der Waals surface area contributed by atoms with Crippen molar-refractivity contribution in [2.24, 2.45) is 0 Å². The van der Waals surface area contributed by atoms with Crippen LogP contribution in [0, 0.1) is 0 Å². The van der Waals surface area contributed by atoms with Crippen LogP contribution in [0.4, 0.5) is 0 Å². The Morgan fingerprint density at radius 2 is 1.57 bits per heavy atom. The highest BCUT2D eigenvalue weighted by Gasteiger charge is 2.04. The number of esters is 1. The van der Waals surface area contributed by atoms with Crippen LogP contribution in [-0.4, -0.2) is 25.5 Å². The van der Waals surface area contributed by atoms with E-state index in [-0.39, 0.29) is 11.8 Å². The molecule has 2 aromatic carbocycles. The molecule has 0 bridgehead atoms. The van der Waals surface area contributed by atoms with Crippen molar-refractivity contribution in [2.75, 3.05) is 13.7 Å². The zero-order valence-electron chi connectivity index (χ0n) is 13.1. The van der Waals surface area contributed by atoms with Gasteiger partial charge in [-0.25, -0.2) is 4.79 Å². The van der Waals surface area contributed by atoms with E-state index < -0.39 is 0 Å². The Kier molecular flexibility index (Phi) is 5.69. The van der Waals surface area contributed by atoms with Crippen molar-refractivity contribution in [3.8, 4) is 5.75 Å². The largest absolute Gasteiger partial charge is 0.494 e. The van der Waals surface area contributed by atoms with Crippen LogP contribution in [-0.2, 0) is 4.74 Å². The second kappa shape index (κ2) is 7.94. The molecule has 2 aromatic rings. The first kappa shape index (κ1) is 16.5.